The second kappa shape index (κ2) is 8.63. The Labute approximate surface area is 186 Å². The summed E-state index contributed by atoms with van der Waals surface area (Å²) in [7, 11) is 0. The molecule has 0 unspecified atom stereocenters. The molecule has 0 aliphatic carbocycles. The molecule has 2 aromatic carbocycles. The normalized spacial score (nSPS) is 10.6. The van der Waals surface area contributed by atoms with Gasteiger partial charge in [0.05, 0.1) is 16.8 Å². The number of carboxylic acids is 2. The maximum atomic E-state index is 11.1. The van der Waals surface area contributed by atoms with Gasteiger partial charge in [0, 0.05) is 17.4 Å². The Balaban J connectivity index is 1.69. The summed E-state index contributed by atoms with van der Waals surface area (Å²) in [6.07, 6.45) is 0. The highest BCUT2D eigenvalue weighted by Crippen LogP contribution is 2.20. The average molecular weight is 446 g/mol. The van der Waals surface area contributed by atoms with E-state index < -0.39 is 11.9 Å². The molecule has 2 aromatic heterocycles. The van der Waals surface area contributed by atoms with E-state index in [-0.39, 0.29) is 29.0 Å². The highest BCUT2D eigenvalue weighted by Gasteiger charge is 2.13. The van der Waals surface area contributed by atoms with Gasteiger partial charge in [-0.15, -0.1) is 0 Å². The van der Waals surface area contributed by atoms with E-state index in [1.165, 1.54) is 28.9 Å². The molecule has 0 bridgehead atoms. The third-order valence-corrected chi connectivity index (χ3v) is 4.45. The molecule has 0 spiro atoms. The number of nitrogens with two attached hydrogens (primary N) is 1. The minimum absolute atomic E-state index is 0.142. The van der Waals surface area contributed by atoms with E-state index in [0.717, 1.165) is 0 Å². The molecule has 0 aliphatic heterocycles. The minimum Gasteiger partial charge on any atom is -0.478 e. The number of rotatable bonds is 7. The van der Waals surface area contributed by atoms with Crippen LogP contribution in [0.5, 0.6) is 0 Å². The molecule has 4 rings (SSSR count). The fraction of sp³-hybridized carbons (Fsp3) is 0.0476. The van der Waals surface area contributed by atoms with Crippen molar-refractivity contribution in [1.29, 1.82) is 0 Å². The van der Waals surface area contributed by atoms with Gasteiger partial charge < -0.3 is 26.6 Å². The van der Waals surface area contributed by atoms with Crippen molar-refractivity contribution in [2.45, 2.75) is 6.92 Å². The molecule has 0 radical (unpaired) electrons. The van der Waals surface area contributed by atoms with Gasteiger partial charge in [0.15, 0.2) is 0 Å². The van der Waals surface area contributed by atoms with E-state index in [1.807, 2.05) is 0 Å². The van der Waals surface area contributed by atoms with Gasteiger partial charge in [-0.2, -0.15) is 24.7 Å². The maximum Gasteiger partial charge on any atom is 0.335 e. The van der Waals surface area contributed by atoms with Crippen LogP contribution in [0.4, 0.5) is 29.1 Å². The Bertz CT molecular complexity index is 1260. The Morgan fingerprint density at radius 3 is 1.64 bits per heavy atom. The first-order chi connectivity index (χ1) is 15.8. The van der Waals surface area contributed by atoms with Gasteiger partial charge >= 0.3 is 11.9 Å². The number of hydrogen-bond donors (Lipinski definition) is 5. The zero-order valence-electron chi connectivity index (χ0n) is 17.2. The van der Waals surface area contributed by atoms with Gasteiger partial charge in [0.1, 0.15) is 5.82 Å². The van der Waals surface area contributed by atoms with Crippen LogP contribution in [0.3, 0.4) is 0 Å². The van der Waals surface area contributed by atoms with Crippen LogP contribution in [0.25, 0.3) is 5.95 Å². The number of aryl methyl sites for hydroxylation is 1. The van der Waals surface area contributed by atoms with Crippen molar-refractivity contribution in [1.82, 2.24) is 24.7 Å². The summed E-state index contributed by atoms with van der Waals surface area (Å²) in [5, 5.41) is 28.4. The first-order valence-corrected chi connectivity index (χ1v) is 9.58. The van der Waals surface area contributed by atoms with E-state index in [1.54, 1.807) is 37.3 Å². The molecule has 2 heterocycles. The van der Waals surface area contributed by atoms with Crippen molar-refractivity contribution < 1.29 is 19.8 Å². The molecule has 0 fully saturated rings. The number of carboxylic acid groups (broad SMARTS) is 2. The zero-order valence-corrected chi connectivity index (χ0v) is 17.2. The standard InChI is InChI=1S/C21H18N8O4/c1-11-10-16(22)29(28-11)21-26-19(23-14-6-2-12(3-7-14)17(30)31)25-20(27-21)24-15-8-4-13(5-9-15)18(32)33/h2-10H,22H2,1H3,(H,30,31)(H,32,33)(H2,23,24,25,26,27). The van der Waals surface area contributed by atoms with Crippen LogP contribution < -0.4 is 16.4 Å². The number of anilines is 5. The van der Waals surface area contributed by atoms with Crippen LogP contribution in [0.2, 0.25) is 0 Å². The minimum atomic E-state index is -1.03. The summed E-state index contributed by atoms with van der Waals surface area (Å²) >= 11 is 0. The number of hydrogen-bond acceptors (Lipinski definition) is 9. The second-order valence-electron chi connectivity index (χ2n) is 6.92. The summed E-state index contributed by atoms with van der Waals surface area (Å²) in [6, 6.07) is 13.8. The number of nitrogens with zero attached hydrogens (tertiary/aromatic N) is 5. The Hall–Kier alpha value is -5.00. The Morgan fingerprint density at radius 1 is 0.818 bits per heavy atom. The topological polar surface area (TPSA) is 181 Å². The lowest BCUT2D eigenvalue weighted by Gasteiger charge is -2.11. The van der Waals surface area contributed by atoms with Crippen LogP contribution in [0, 0.1) is 6.92 Å². The first kappa shape index (κ1) is 21.2. The molecule has 0 amide bonds. The third-order valence-electron chi connectivity index (χ3n) is 4.45. The maximum absolute atomic E-state index is 11.1. The van der Waals surface area contributed by atoms with E-state index in [2.05, 4.69) is 30.7 Å². The lowest BCUT2D eigenvalue weighted by molar-refractivity contribution is 0.0686. The van der Waals surface area contributed by atoms with Crippen molar-refractivity contribution in [2.75, 3.05) is 16.4 Å². The van der Waals surface area contributed by atoms with E-state index in [9.17, 15) is 9.59 Å². The molecule has 0 atom stereocenters. The predicted octanol–water partition coefficient (Wildman–Crippen LogP) is 2.83. The third kappa shape index (κ3) is 4.85. The summed E-state index contributed by atoms with van der Waals surface area (Å²) < 4.78 is 1.36. The van der Waals surface area contributed by atoms with Crippen LogP contribution in [-0.2, 0) is 0 Å². The van der Waals surface area contributed by atoms with Crippen molar-refractivity contribution in [3.63, 3.8) is 0 Å². The van der Waals surface area contributed by atoms with Gasteiger partial charge in [0.2, 0.25) is 11.9 Å². The molecule has 33 heavy (non-hydrogen) atoms. The molecule has 6 N–H and O–H groups in total. The number of carbonyl (C=O) groups is 2. The summed E-state index contributed by atoms with van der Waals surface area (Å²) in [6.45, 7) is 1.78. The van der Waals surface area contributed by atoms with Crippen LogP contribution in [-0.4, -0.2) is 46.9 Å². The Kier molecular flexibility index (Phi) is 5.55. The summed E-state index contributed by atoms with van der Waals surface area (Å²) in [4.78, 5) is 35.2. The molecule has 4 aromatic rings. The smallest absolute Gasteiger partial charge is 0.335 e. The fourth-order valence-electron chi connectivity index (χ4n) is 2.90. The van der Waals surface area contributed by atoms with E-state index in [0.29, 0.717) is 22.9 Å². The molecular formula is C21H18N8O4. The van der Waals surface area contributed by atoms with Gasteiger partial charge in [-0.3, -0.25) is 0 Å². The molecule has 12 nitrogen and oxygen atoms in total. The first-order valence-electron chi connectivity index (χ1n) is 9.58. The van der Waals surface area contributed by atoms with Crippen LogP contribution in [0.1, 0.15) is 26.4 Å². The van der Waals surface area contributed by atoms with Crippen molar-refractivity contribution in [2.24, 2.45) is 0 Å². The lowest BCUT2D eigenvalue weighted by atomic mass is 10.2. The highest BCUT2D eigenvalue weighted by molar-refractivity contribution is 5.88. The number of nitrogens with one attached hydrogen (secondary N) is 2. The monoisotopic (exact) mass is 446 g/mol. The van der Waals surface area contributed by atoms with E-state index >= 15 is 0 Å². The number of aromatic nitrogens is 5. The fourth-order valence-corrected chi connectivity index (χ4v) is 2.90. The van der Waals surface area contributed by atoms with E-state index in [4.69, 9.17) is 15.9 Å². The lowest BCUT2D eigenvalue weighted by Crippen LogP contribution is -2.12. The Morgan fingerprint density at radius 2 is 1.27 bits per heavy atom. The second-order valence-corrected chi connectivity index (χ2v) is 6.92. The largest absolute Gasteiger partial charge is 0.478 e. The molecule has 0 aliphatic rings. The quantitative estimate of drug-likeness (QED) is 0.281. The van der Waals surface area contributed by atoms with Gasteiger partial charge in [-0.1, -0.05) is 0 Å². The van der Waals surface area contributed by atoms with Gasteiger partial charge in [-0.05, 0) is 55.5 Å². The summed E-state index contributed by atoms with van der Waals surface area (Å²) in [5.41, 5.74) is 8.08. The SMILES string of the molecule is Cc1cc(N)n(-c2nc(Nc3ccc(C(=O)O)cc3)nc(Nc3ccc(C(=O)O)cc3)n2)n1. The number of aromatic carboxylic acids is 2. The number of nitrogen functional groups attached to an aromatic ring is 1. The summed E-state index contributed by atoms with van der Waals surface area (Å²) in [5.74, 6) is -1.29. The zero-order chi connectivity index (χ0) is 23.5. The van der Waals surface area contributed by atoms with Gasteiger partial charge in [-0.25, -0.2) is 9.59 Å². The van der Waals surface area contributed by atoms with Crippen molar-refractivity contribution in [3.05, 3.63) is 71.4 Å². The van der Waals surface area contributed by atoms with Crippen molar-refractivity contribution in [3.8, 4) is 5.95 Å². The molecule has 0 saturated heterocycles. The highest BCUT2D eigenvalue weighted by atomic mass is 16.4. The number of benzene rings is 2. The van der Waals surface area contributed by atoms with Crippen molar-refractivity contribution >= 4 is 41.0 Å². The van der Waals surface area contributed by atoms with Crippen LogP contribution >= 0.6 is 0 Å². The van der Waals surface area contributed by atoms with Gasteiger partial charge in [0.25, 0.3) is 5.95 Å². The molecule has 0 saturated carbocycles. The molecular weight excluding hydrogens is 428 g/mol. The average Bonchev–Trinajstić information content (AvgIpc) is 3.12. The van der Waals surface area contributed by atoms with Crippen LogP contribution in [0.15, 0.2) is 54.6 Å². The predicted molar refractivity (Wildman–Crippen MR) is 119 cm³/mol. The molecule has 12 heteroatoms. The molecule has 166 valence electrons.